The van der Waals surface area contributed by atoms with Crippen molar-refractivity contribution in [2.45, 2.75) is 51.6 Å². The van der Waals surface area contributed by atoms with E-state index in [1.165, 1.54) is 5.56 Å². The van der Waals surface area contributed by atoms with Crippen molar-refractivity contribution < 1.29 is 4.79 Å². The Labute approximate surface area is 193 Å². The summed E-state index contributed by atoms with van der Waals surface area (Å²) >= 11 is 0. The molecule has 2 heterocycles. The van der Waals surface area contributed by atoms with Crippen LogP contribution in [0.1, 0.15) is 47.3 Å². The lowest BCUT2D eigenvalue weighted by atomic mass is 9.91. The third-order valence-electron chi connectivity index (χ3n) is 6.62. The first-order valence-electron chi connectivity index (χ1n) is 11.6. The third-order valence-corrected chi connectivity index (χ3v) is 6.62. The van der Waals surface area contributed by atoms with Gasteiger partial charge in [-0.2, -0.15) is 0 Å². The van der Waals surface area contributed by atoms with Gasteiger partial charge in [-0.05, 0) is 57.2 Å². The molecule has 168 valence electrons. The first-order valence-corrected chi connectivity index (χ1v) is 11.6. The molecule has 4 aromatic rings. The Balaban J connectivity index is 1.32. The number of rotatable bonds is 5. The smallest absolute Gasteiger partial charge is 0.251 e. The number of hydrogen-bond donors (Lipinski definition) is 3. The average molecular weight is 440 g/mol. The molecule has 0 bridgehead atoms. The fourth-order valence-electron chi connectivity index (χ4n) is 4.62. The Morgan fingerprint density at radius 1 is 0.879 bits per heavy atom. The highest BCUT2D eigenvalue weighted by Crippen LogP contribution is 2.31. The number of hydrogen-bond acceptors (Lipinski definition) is 4. The summed E-state index contributed by atoms with van der Waals surface area (Å²) in [7, 11) is 0. The van der Waals surface area contributed by atoms with Gasteiger partial charge < -0.3 is 15.6 Å². The number of aromatic nitrogens is 3. The fourth-order valence-corrected chi connectivity index (χ4v) is 4.62. The van der Waals surface area contributed by atoms with Gasteiger partial charge in [0, 0.05) is 28.9 Å². The summed E-state index contributed by atoms with van der Waals surface area (Å²) in [4.78, 5) is 25.7. The molecule has 3 N–H and O–H groups in total. The second-order valence-corrected chi connectivity index (χ2v) is 8.89. The normalized spacial score (nSPS) is 18.2. The van der Waals surface area contributed by atoms with Crippen LogP contribution in [0.15, 0.2) is 60.7 Å². The van der Waals surface area contributed by atoms with Crippen LogP contribution in [0.4, 0.5) is 5.82 Å². The first-order chi connectivity index (χ1) is 16.1. The van der Waals surface area contributed by atoms with Gasteiger partial charge in [-0.15, -0.1) is 0 Å². The van der Waals surface area contributed by atoms with Crippen LogP contribution < -0.4 is 10.6 Å². The van der Waals surface area contributed by atoms with Crippen molar-refractivity contribution in [3.05, 3.63) is 77.5 Å². The van der Waals surface area contributed by atoms with Crippen LogP contribution >= 0.6 is 0 Å². The van der Waals surface area contributed by atoms with Crippen LogP contribution in [-0.2, 0) is 0 Å². The van der Waals surface area contributed by atoms with Crippen LogP contribution in [0.3, 0.4) is 0 Å². The van der Waals surface area contributed by atoms with Crippen LogP contribution in [-0.4, -0.2) is 32.9 Å². The molecular weight excluding hydrogens is 410 g/mol. The number of nitrogens with one attached hydrogen (secondary N) is 3. The number of carbonyl (C=O) groups excluding carboxylic acids is 1. The molecule has 6 heteroatoms. The molecule has 1 fully saturated rings. The number of H-pyrrole nitrogens is 1. The number of aromatic amines is 1. The van der Waals surface area contributed by atoms with Crippen LogP contribution in [0.2, 0.25) is 0 Å². The number of anilines is 1. The van der Waals surface area contributed by atoms with Crippen molar-refractivity contribution in [1.29, 1.82) is 0 Å². The molecule has 0 atom stereocenters. The summed E-state index contributed by atoms with van der Waals surface area (Å²) < 4.78 is 0. The number of benzene rings is 2. The molecule has 33 heavy (non-hydrogen) atoms. The zero-order valence-corrected chi connectivity index (χ0v) is 19.1. The molecule has 1 saturated carbocycles. The summed E-state index contributed by atoms with van der Waals surface area (Å²) in [5.41, 5.74) is 4.87. The predicted octanol–water partition coefficient (Wildman–Crippen LogP) is 5.39. The minimum atomic E-state index is 0.00967. The van der Waals surface area contributed by atoms with E-state index in [0.29, 0.717) is 11.6 Å². The van der Waals surface area contributed by atoms with Crippen molar-refractivity contribution in [3.8, 4) is 11.4 Å². The zero-order chi connectivity index (χ0) is 22.8. The summed E-state index contributed by atoms with van der Waals surface area (Å²) in [5.74, 6) is 1.61. The SMILES string of the molecule is Cc1[nH]c2nc(-c3ccccc3)nc(NC3CCC(NC(=O)c4ccccc4)CC3)c2c1C. The standard InChI is InChI=1S/C27H29N5O/c1-17-18(2)28-25-23(17)26(32-24(31-25)19-9-5-3-6-10-19)29-21-13-15-22(16-14-21)30-27(33)20-11-7-4-8-12-20/h3-12,21-22H,13-16H2,1-2H3,(H,30,33)(H2,28,29,31,32). The molecule has 0 aliphatic heterocycles. The maximum absolute atomic E-state index is 12.5. The largest absolute Gasteiger partial charge is 0.367 e. The fraction of sp³-hybridized carbons (Fsp3) is 0.296. The van der Waals surface area contributed by atoms with Gasteiger partial charge in [-0.1, -0.05) is 48.5 Å². The van der Waals surface area contributed by atoms with E-state index in [9.17, 15) is 4.79 Å². The summed E-state index contributed by atoms with van der Waals surface area (Å²) in [6, 6.07) is 20.0. The maximum atomic E-state index is 12.5. The van der Waals surface area contributed by atoms with Gasteiger partial charge in [0.1, 0.15) is 11.5 Å². The van der Waals surface area contributed by atoms with Crippen LogP contribution in [0.5, 0.6) is 0 Å². The topological polar surface area (TPSA) is 82.7 Å². The number of nitrogens with zero attached hydrogens (tertiary/aromatic N) is 2. The second kappa shape index (κ2) is 9.06. The summed E-state index contributed by atoms with van der Waals surface area (Å²) in [6.45, 7) is 4.19. The molecule has 0 saturated heterocycles. The predicted molar refractivity (Wildman–Crippen MR) is 132 cm³/mol. The minimum Gasteiger partial charge on any atom is -0.367 e. The van der Waals surface area contributed by atoms with Gasteiger partial charge >= 0.3 is 0 Å². The Morgan fingerprint density at radius 2 is 1.52 bits per heavy atom. The Kier molecular flexibility index (Phi) is 5.82. The molecule has 0 unspecified atom stereocenters. The van der Waals surface area contributed by atoms with Gasteiger partial charge in [0.2, 0.25) is 0 Å². The first kappa shape index (κ1) is 21.2. The van der Waals surface area contributed by atoms with Crippen LogP contribution in [0, 0.1) is 13.8 Å². The van der Waals surface area contributed by atoms with Crippen LogP contribution in [0.25, 0.3) is 22.4 Å². The van der Waals surface area contributed by atoms with Crippen molar-refractivity contribution >= 4 is 22.8 Å². The maximum Gasteiger partial charge on any atom is 0.251 e. The van der Waals surface area contributed by atoms with E-state index in [1.54, 1.807) is 0 Å². The van der Waals surface area contributed by atoms with Crippen molar-refractivity contribution in [2.75, 3.05) is 5.32 Å². The molecule has 1 amide bonds. The monoisotopic (exact) mass is 439 g/mol. The lowest BCUT2D eigenvalue weighted by molar-refractivity contribution is 0.0926. The molecule has 2 aromatic carbocycles. The Bertz CT molecular complexity index is 1260. The lowest BCUT2D eigenvalue weighted by Crippen LogP contribution is -2.40. The molecule has 2 aromatic heterocycles. The highest BCUT2D eigenvalue weighted by molar-refractivity contribution is 5.94. The minimum absolute atomic E-state index is 0.00967. The van der Waals surface area contributed by atoms with Gasteiger partial charge in [-0.3, -0.25) is 4.79 Å². The molecule has 1 aliphatic rings. The van der Waals surface area contributed by atoms with E-state index in [2.05, 4.69) is 29.5 Å². The van der Waals surface area contributed by atoms with Gasteiger partial charge in [-0.25, -0.2) is 9.97 Å². The zero-order valence-electron chi connectivity index (χ0n) is 19.1. The molecule has 5 rings (SSSR count). The van der Waals surface area contributed by atoms with E-state index in [0.717, 1.165) is 59.6 Å². The average Bonchev–Trinajstić information content (AvgIpc) is 3.14. The van der Waals surface area contributed by atoms with E-state index in [1.807, 2.05) is 60.7 Å². The number of amides is 1. The summed E-state index contributed by atoms with van der Waals surface area (Å²) in [5, 5.41) is 7.97. The number of fused-ring (bicyclic) bond motifs is 1. The summed E-state index contributed by atoms with van der Waals surface area (Å²) in [6.07, 6.45) is 3.85. The number of carbonyl (C=O) groups is 1. The van der Waals surface area contributed by atoms with Gasteiger partial charge in [0.05, 0.1) is 5.39 Å². The quantitative estimate of drug-likeness (QED) is 0.389. The number of aryl methyl sites for hydroxylation is 2. The molecule has 1 aliphatic carbocycles. The van der Waals surface area contributed by atoms with Gasteiger partial charge in [0.25, 0.3) is 5.91 Å². The highest BCUT2D eigenvalue weighted by Gasteiger charge is 2.24. The molecule has 6 nitrogen and oxygen atoms in total. The third kappa shape index (κ3) is 4.46. The Hall–Kier alpha value is -3.67. The molecule has 0 radical (unpaired) electrons. The van der Waals surface area contributed by atoms with Crippen molar-refractivity contribution in [1.82, 2.24) is 20.3 Å². The van der Waals surface area contributed by atoms with Gasteiger partial charge in [0.15, 0.2) is 5.82 Å². The molecule has 0 spiro atoms. The van der Waals surface area contributed by atoms with E-state index < -0.39 is 0 Å². The Morgan fingerprint density at radius 3 is 2.21 bits per heavy atom. The van der Waals surface area contributed by atoms with E-state index in [-0.39, 0.29) is 11.9 Å². The molecular formula is C27H29N5O. The van der Waals surface area contributed by atoms with E-state index >= 15 is 0 Å². The van der Waals surface area contributed by atoms with Crippen molar-refractivity contribution in [3.63, 3.8) is 0 Å². The lowest BCUT2D eigenvalue weighted by Gasteiger charge is -2.30. The highest BCUT2D eigenvalue weighted by atomic mass is 16.1. The van der Waals surface area contributed by atoms with Crippen molar-refractivity contribution in [2.24, 2.45) is 0 Å². The van der Waals surface area contributed by atoms with E-state index in [4.69, 9.17) is 9.97 Å². The second-order valence-electron chi connectivity index (χ2n) is 8.89.